The molecule has 64 valence electrons. The number of ether oxygens (including phenoxy) is 2. The molecule has 1 aliphatic heterocycles. The van der Waals surface area contributed by atoms with Gasteiger partial charge in [-0.2, -0.15) is 0 Å². The van der Waals surface area contributed by atoms with E-state index in [-0.39, 0.29) is 0 Å². The maximum atomic E-state index is 5.35. The molecule has 0 radical (unpaired) electrons. The average Bonchev–Trinajstić information content (AvgIpc) is 2.50. The van der Waals surface area contributed by atoms with Crippen LogP contribution in [0.4, 0.5) is 0 Å². The molecule has 0 amide bonds. The zero-order valence-electron chi connectivity index (χ0n) is 7.39. The molecule has 0 spiro atoms. The molecule has 1 aromatic carbocycles. The zero-order valence-corrected chi connectivity index (χ0v) is 7.39. The summed E-state index contributed by atoms with van der Waals surface area (Å²) in [5, 5.41) is 0. The molecule has 0 saturated heterocycles. The summed E-state index contributed by atoms with van der Waals surface area (Å²) in [6, 6.07) is 4.16. The Bertz CT molecular complexity index is 305. The summed E-state index contributed by atoms with van der Waals surface area (Å²) in [7, 11) is 0. The van der Waals surface area contributed by atoms with Crippen molar-refractivity contribution < 1.29 is 9.47 Å². The van der Waals surface area contributed by atoms with Crippen LogP contribution < -0.4 is 9.47 Å². The quantitative estimate of drug-likeness (QED) is 0.634. The Hall–Kier alpha value is -1.18. The monoisotopic (exact) mass is 164 g/mol. The van der Waals surface area contributed by atoms with Crippen LogP contribution in [-0.2, 0) is 6.42 Å². The molecule has 0 N–H and O–H groups in total. The smallest absolute Gasteiger partial charge is 0.231 e. The Balaban J connectivity index is 2.55. The highest BCUT2D eigenvalue weighted by Crippen LogP contribution is 2.36. The molecule has 1 aromatic rings. The molecule has 12 heavy (non-hydrogen) atoms. The van der Waals surface area contributed by atoms with Crippen LogP contribution in [0.5, 0.6) is 11.5 Å². The third-order valence-electron chi connectivity index (χ3n) is 2.07. The molecular formula is C10H12O2. The van der Waals surface area contributed by atoms with Gasteiger partial charge in [-0.05, 0) is 30.5 Å². The molecule has 2 rings (SSSR count). The van der Waals surface area contributed by atoms with Crippen molar-refractivity contribution in [3.05, 3.63) is 23.3 Å². The fourth-order valence-electron chi connectivity index (χ4n) is 1.50. The number of aryl methyl sites for hydroxylation is 2. The van der Waals surface area contributed by atoms with Crippen molar-refractivity contribution in [3.8, 4) is 11.5 Å². The van der Waals surface area contributed by atoms with E-state index in [1.54, 1.807) is 0 Å². The maximum Gasteiger partial charge on any atom is 0.231 e. The molecule has 0 atom stereocenters. The lowest BCUT2D eigenvalue weighted by Gasteiger charge is -2.03. The van der Waals surface area contributed by atoms with Gasteiger partial charge in [-0.3, -0.25) is 0 Å². The van der Waals surface area contributed by atoms with E-state index in [2.05, 4.69) is 19.9 Å². The minimum absolute atomic E-state index is 0.367. The summed E-state index contributed by atoms with van der Waals surface area (Å²) in [5.74, 6) is 1.83. The van der Waals surface area contributed by atoms with E-state index in [0.29, 0.717) is 6.79 Å². The molecule has 0 saturated carbocycles. The van der Waals surface area contributed by atoms with E-state index >= 15 is 0 Å². The predicted molar refractivity (Wildman–Crippen MR) is 46.7 cm³/mol. The highest BCUT2D eigenvalue weighted by molar-refractivity contribution is 5.50. The zero-order chi connectivity index (χ0) is 8.55. The Labute approximate surface area is 72.1 Å². The van der Waals surface area contributed by atoms with Gasteiger partial charge in [-0.25, -0.2) is 0 Å². The third-order valence-corrected chi connectivity index (χ3v) is 2.07. The minimum atomic E-state index is 0.367. The van der Waals surface area contributed by atoms with Gasteiger partial charge in [-0.15, -0.1) is 0 Å². The summed E-state index contributed by atoms with van der Waals surface area (Å²) in [6.45, 7) is 4.56. The van der Waals surface area contributed by atoms with E-state index in [0.717, 1.165) is 17.9 Å². The van der Waals surface area contributed by atoms with Crippen LogP contribution in [-0.4, -0.2) is 6.79 Å². The van der Waals surface area contributed by atoms with Gasteiger partial charge in [-0.1, -0.05) is 13.0 Å². The van der Waals surface area contributed by atoms with Crippen LogP contribution >= 0.6 is 0 Å². The number of benzene rings is 1. The van der Waals surface area contributed by atoms with Gasteiger partial charge in [0.25, 0.3) is 0 Å². The number of fused-ring (bicyclic) bond motifs is 1. The van der Waals surface area contributed by atoms with Gasteiger partial charge in [0.15, 0.2) is 11.5 Å². The lowest BCUT2D eigenvalue weighted by molar-refractivity contribution is 0.173. The minimum Gasteiger partial charge on any atom is -0.454 e. The van der Waals surface area contributed by atoms with Crippen LogP contribution in [0.1, 0.15) is 18.1 Å². The predicted octanol–water partition coefficient (Wildman–Crippen LogP) is 2.29. The normalized spacial score (nSPS) is 13.5. The van der Waals surface area contributed by atoms with Gasteiger partial charge in [0, 0.05) is 0 Å². The summed E-state index contributed by atoms with van der Waals surface area (Å²) >= 11 is 0. The lowest BCUT2D eigenvalue weighted by Crippen LogP contribution is -1.94. The van der Waals surface area contributed by atoms with Gasteiger partial charge < -0.3 is 9.47 Å². The summed E-state index contributed by atoms with van der Waals surface area (Å²) in [6.07, 6.45) is 0.993. The lowest BCUT2D eigenvalue weighted by atomic mass is 10.1. The molecule has 0 aromatic heterocycles. The topological polar surface area (TPSA) is 18.5 Å². The summed E-state index contributed by atoms with van der Waals surface area (Å²) in [5.41, 5.74) is 2.47. The van der Waals surface area contributed by atoms with E-state index < -0.39 is 0 Å². The highest BCUT2D eigenvalue weighted by Gasteiger charge is 2.16. The van der Waals surface area contributed by atoms with Crippen molar-refractivity contribution in [2.75, 3.05) is 6.79 Å². The van der Waals surface area contributed by atoms with E-state index in [1.807, 2.05) is 6.07 Å². The molecule has 2 nitrogen and oxygen atoms in total. The molecule has 1 heterocycles. The van der Waals surface area contributed by atoms with Crippen molar-refractivity contribution in [1.29, 1.82) is 0 Å². The van der Waals surface area contributed by atoms with Crippen molar-refractivity contribution in [3.63, 3.8) is 0 Å². The molecule has 2 heteroatoms. The van der Waals surface area contributed by atoms with Crippen molar-refractivity contribution >= 4 is 0 Å². The average molecular weight is 164 g/mol. The van der Waals surface area contributed by atoms with Crippen LogP contribution in [0.3, 0.4) is 0 Å². The highest BCUT2D eigenvalue weighted by atomic mass is 16.7. The fourth-order valence-corrected chi connectivity index (χ4v) is 1.50. The Kier molecular flexibility index (Phi) is 1.68. The van der Waals surface area contributed by atoms with E-state index in [1.165, 1.54) is 11.1 Å². The second-order valence-electron chi connectivity index (χ2n) is 3.01. The van der Waals surface area contributed by atoms with Gasteiger partial charge in [0.1, 0.15) is 0 Å². The molecule has 0 bridgehead atoms. The Morgan fingerprint density at radius 3 is 2.92 bits per heavy atom. The Morgan fingerprint density at radius 1 is 1.33 bits per heavy atom. The van der Waals surface area contributed by atoms with Crippen LogP contribution in [0.2, 0.25) is 0 Å². The molecule has 0 fully saturated rings. The van der Waals surface area contributed by atoms with Crippen molar-refractivity contribution in [2.24, 2.45) is 0 Å². The Morgan fingerprint density at radius 2 is 2.17 bits per heavy atom. The molecular weight excluding hydrogens is 152 g/mol. The molecule has 0 aliphatic carbocycles. The number of hydrogen-bond acceptors (Lipinski definition) is 2. The van der Waals surface area contributed by atoms with E-state index in [4.69, 9.17) is 9.47 Å². The first-order valence-corrected chi connectivity index (χ1v) is 4.20. The summed E-state index contributed by atoms with van der Waals surface area (Å²) in [4.78, 5) is 0. The first-order valence-electron chi connectivity index (χ1n) is 4.20. The number of rotatable bonds is 1. The van der Waals surface area contributed by atoms with Gasteiger partial charge in [0.05, 0.1) is 0 Å². The van der Waals surface area contributed by atoms with Crippen LogP contribution in [0.25, 0.3) is 0 Å². The first kappa shape index (κ1) is 7.47. The van der Waals surface area contributed by atoms with E-state index in [9.17, 15) is 0 Å². The SMILES string of the molecule is CCc1cc(C)cc2c1OCO2. The molecule has 0 unspecified atom stereocenters. The van der Waals surface area contributed by atoms with Crippen LogP contribution in [0.15, 0.2) is 12.1 Å². The number of hydrogen-bond donors (Lipinski definition) is 0. The standard InChI is InChI=1S/C10H12O2/c1-3-8-4-7(2)5-9-10(8)12-6-11-9/h4-5H,3,6H2,1-2H3. The van der Waals surface area contributed by atoms with Gasteiger partial charge in [0.2, 0.25) is 6.79 Å². The second kappa shape index (κ2) is 2.70. The third kappa shape index (κ3) is 1.04. The van der Waals surface area contributed by atoms with Crippen molar-refractivity contribution in [2.45, 2.75) is 20.3 Å². The summed E-state index contributed by atoms with van der Waals surface area (Å²) < 4.78 is 10.7. The second-order valence-corrected chi connectivity index (χ2v) is 3.01. The van der Waals surface area contributed by atoms with Crippen LogP contribution in [0, 0.1) is 6.92 Å². The van der Waals surface area contributed by atoms with Crippen molar-refractivity contribution in [1.82, 2.24) is 0 Å². The maximum absolute atomic E-state index is 5.35. The first-order chi connectivity index (χ1) is 5.81. The van der Waals surface area contributed by atoms with Gasteiger partial charge >= 0.3 is 0 Å². The molecule has 1 aliphatic rings. The largest absolute Gasteiger partial charge is 0.454 e. The fraction of sp³-hybridized carbons (Fsp3) is 0.400.